The Hall–Kier alpha value is 0.790. The Morgan fingerprint density at radius 2 is 1.50 bits per heavy atom. The molecule has 56 valence electrons. The molecule has 0 aromatic carbocycles. The third kappa shape index (κ3) is 4.58. The standard InChI is InChI=1S/C2H6O6S.Na/c3-1(4)2(5)9(6,7)8;/h1-5H,(H,6,7,8);/q;+1/p-1. The van der Waals surface area contributed by atoms with Gasteiger partial charge in [0.25, 0.3) is 0 Å². The molecule has 8 heteroatoms. The van der Waals surface area contributed by atoms with Gasteiger partial charge >= 0.3 is 29.6 Å². The average molecular weight is 180 g/mol. The second kappa shape index (κ2) is 4.62. The zero-order valence-corrected chi connectivity index (χ0v) is 7.95. The van der Waals surface area contributed by atoms with Crippen molar-refractivity contribution in [3.05, 3.63) is 0 Å². The molecule has 0 spiro atoms. The molecule has 0 saturated heterocycles. The molecular formula is C2H5NaO6S. The maximum atomic E-state index is 9.65. The van der Waals surface area contributed by atoms with Gasteiger partial charge in [0.05, 0.1) is 0 Å². The SMILES string of the molecule is O=S(=O)([O-])C(O)C(O)O.[Na+]. The van der Waals surface area contributed by atoms with Crippen molar-refractivity contribution in [1.82, 2.24) is 0 Å². The molecule has 0 bridgehead atoms. The third-order valence-electron chi connectivity index (χ3n) is 0.551. The predicted octanol–water partition coefficient (Wildman–Crippen LogP) is -5.84. The van der Waals surface area contributed by atoms with E-state index in [4.69, 9.17) is 15.3 Å². The molecule has 0 aromatic heterocycles. The van der Waals surface area contributed by atoms with Crippen LogP contribution in [0.4, 0.5) is 0 Å². The molecule has 0 aliphatic carbocycles. The minimum atomic E-state index is -5.00. The molecule has 3 N–H and O–H groups in total. The Bertz CT molecular complexity index is 172. The van der Waals surface area contributed by atoms with Crippen molar-refractivity contribution in [2.75, 3.05) is 0 Å². The quantitative estimate of drug-likeness (QED) is 0.221. The fourth-order valence-electron chi connectivity index (χ4n) is 0.149. The number of aliphatic hydroxyl groups is 3. The number of hydrogen-bond donors (Lipinski definition) is 3. The van der Waals surface area contributed by atoms with Crippen LogP contribution in [0, 0.1) is 0 Å². The van der Waals surface area contributed by atoms with Gasteiger partial charge in [-0.15, -0.1) is 0 Å². The Morgan fingerprint density at radius 1 is 1.20 bits per heavy atom. The van der Waals surface area contributed by atoms with Crippen LogP contribution in [-0.2, 0) is 10.1 Å². The van der Waals surface area contributed by atoms with E-state index >= 15 is 0 Å². The molecule has 0 rings (SSSR count). The van der Waals surface area contributed by atoms with E-state index in [0.717, 1.165) is 0 Å². The van der Waals surface area contributed by atoms with Crippen LogP contribution in [0.1, 0.15) is 0 Å². The van der Waals surface area contributed by atoms with Crippen molar-refractivity contribution in [1.29, 1.82) is 0 Å². The van der Waals surface area contributed by atoms with Crippen LogP contribution in [0.3, 0.4) is 0 Å². The summed E-state index contributed by atoms with van der Waals surface area (Å²) in [5.41, 5.74) is -2.66. The smallest absolute Gasteiger partial charge is 0.746 e. The van der Waals surface area contributed by atoms with Gasteiger partial charge in [0.1, 0.15) is 10.1 Å². The first kappa shape index (κ1) is 13.4. The minimum Gasteiger partial charge on any atom is -0.746 e. The first-order valence-corrected chi connectivity index (χ1v) is 3.32. The van der Waals surface area contributed by atoms with E-state index in [1.807, 2.05) is 0 Å². The normalized spacial score (nSPS) is 14.5. The Morgan fingerprint density at radius 3 is 1.50 bits per heavy atom. The summed E-state index contributed by atoms with van der Waals surface area (Å²) < 4.78 is 28.9. The molecule has 0 radical (unpaired) electrons. The summed E-state index contributed by atoms with van der Waals surface area (Å²) in [6.07, 6.45) is -2.53. The summed E-state index contributed by atoms with van der Waals surface area (Å²) in [7, 11) is -5.00. The monoisotopic (exact) mass is 180 g/mol. The second-order valence-electron chi connectivity index (χ2n) is 1.30. The minimum absolute atomic E-state index is 0. The summed E-state index contributed by atoms with van der Waals surface area (Å²) in [4.78, 5) is 0. The predicted molar refractivity (Wildman–Crippen MR) is 23.9 cm³/mol. The molecule has 0 saturated carbocycles. The molecule has 1 atom stereocenters. The molecule has 0 aromatic rings. The van der Waals surface area contributed by atoms with E-state index in [9.17, 15) is 13.0 Å². The van der Waals surface area contributed by atoms with Gasteiger partial charge in [0, 0.05) is 0 Å². The van der Waals surface area contributed by atoms with Crippen molar-refractivity contribution in [2.24, 2.45) is 0 Å². The van der Waals surface area contributed by atoms with Gasteiger partial charge in [-0.05, 0) is 0 Å². The number of rotatable bonds is 2. The van der Waals surface area contributed by atoms with Crippen LogP contribution in [0.25, 0.3) is 0 Å². The molecule has 0 heterocycles. The van der Waals surface area contributed by atoms with Crippen molar-refractivity contribution < 1.29 is 57.8 Å². The molecule has 10 heavy (non-hydrogen) atoms. The fourth-order valence-corrected chi connectivity index (χ4v) is 0.447. The van der Waals surface area contributed by atoms with Gasteiger partial charge in [-0.3, -0.25) is 0 Å². The van der Waals surface area contributed by atoms with E-state index in [0.29, 0.717) is 0 Å². The van der Waals surface area contributed by atoms with Gasteiger partial charge in [-0.1, -0.05) is 0 Å². The topological polar surface area (TPSA) is 118 Å². The number of aliphatic hydroxyl groups excluding tert-OH is 2. The molecule has 6 nitrogen and oxygen atoms in total. The first-order valence-electron chi connectivity index (χ1n) is 1.84. The molecule has 0 aliphatic heterocycles. The van der Waals surface area contributed by atoms with Crippen LogP contribution in [0.15, 0.2) is 0 Å². The van der Waals surface area contributed by atoms with Crippen molar-refractivity contribution in [3.63, 3.8) is 0 Å². The van der Waals surface area contributed by atoms with E-state index in [-0.39, 0.29) is 29.6 Å². The molecule has 0 fully saturated rings. The van der Waals surface area contributed by atoms with Gasteiger partial charge in [0.15, 0.2) is 11.7 Å². The summed E-state index contributed by atoms with van der Waals surface area (Å²) in [5, 5.41) is 23.8. The van der Waals surface area contributed by atoms with Crippen LogP contribution < -0.4 is 29.6 Å². The third-order valence-corrected chi connectivity index (χ3v) is 1.39. The first-order chi connectivity index (χ1) is 3.85. The zero-order valence-electron chi connectivity index (χ0n) is 5.13. The van der Waals surface area contributed by atoms with Gasteiger partial charge in [-0.2, -0.15) is 0 Å². The van der Waals surface area contributed by atoms with Gasteiger partial charge < -0.3 is 19.9 Å². The average Bonchev–Trinajstić information content (AvgIpc) is 1.62. The van der Waals surface area contributed by atoms with E-state index in [1.165, 1.54) is 0 Å². The summed E-state index contributed by atoms with van der Waals surface area (Å²) in [5.74, 6) is 0. The van der Waals surface area contributed by atoms with Crippen LogP contribution in [-0.4, -0.2) is 40.0 Å². The van der Waals surface area contributed by atoms with Gasteiger partial charge in [0.2, 0.25) is 0 Å². The molecular weight excluding hydrogens is 175 g/mol. The van der Waals surface area contributed by atoms with E-state index in [1.54, 1.807) is 0 Å². The molecule has 1 unspecified atom stereocenters. The van der Waals surface area contributed by atoms with Crippen LogP contribution in [0.2, 0.25) is 0 Å². The Balaban J connectivity index is 0. The second-order valence-corrected chi connectivity index (χ2v) is 2.77. The van der Waals surface area contributed by atoms with Crippen LogP contribution in [0.5, 0.6) is 0 Å². The summed E-state index contributed by atoms with van der Waals surface area (Å²) >= 11 is 0. The van der Waals surface area contributed by atoms with Crippen molar-refractivity contribution >= 4 is 10.1 Å². The van der Waals surface area contributed by atoms with Crippen LogP contribution >= 0.6 is 0 Å². The largest absolute Gasteiger partial charge is 1.00 e. The Labute approximate surface area is 79.5 Å². The van der Waals surface area contributed by atoms with Crippen molar-refractivity contribution in [3.8, 4) is 0 Å². The zero-order chi connectivity index (χ0) is 7.65. The summed E-state index contributed by atoms with van der Waals surface area (Å²) in [6.45, 7) is 0. The summed E-state index contributed by atoms with van der Waals surface area (Å²) in [6, 6.07) is 0. The maximum Gasteiger partial charge on any atom is 1.00 e. The molecule has 0 amide bonds. The number of hydrogen-bond acceptors (Lipinski definition) is 6. The van der Waals surface area contributed by atoms with Crippen molar-refractivity contribution in [2.45, 2.75) is 11.7 Å². The Kier molecular flexibility index (Phi) is 6.19. The van der Waals surface area contributed by atoms with E-state index in [2.05, 4.69) is 0 Å². The van der Waals surface area contributed by atoms with Gasteiger partial charge in [-0.25, -0.2) is 8.42 Å². The molecule has 0 aliphatic rings. The fraction of sp³-hybridized carbons (Fsp3) is 1.00. The van der Waals surface area contributed by atoms with E-state index < -0.39 is 21.8 Å². The maximum absolute atomic E-state index is 9.65.